The van der Waals surface area contributed by atoms with Crippen LogP contribution in [0.4, 0.5) is 4.79 Å². The van der Waals surface area contributed by atoms with E-state index in [1.54, 1.807) is 0 Å². The van der Waals surface area contributed by atoms with Gasteiger partial charge in [0.15, 0.2) is 0 Å². The number of hydrogen-bond acceptors (Lipinski definition) is 5. The summed E-state index contributed by atoms with van der Waals surface area (Å²) in [5.41, 5.74) is 2.12. The molecule has 0 aromatic heterocycles. The quantitative estimate of drug-likeness (QED) is 0.473. The number of rotatable bonds is 9. The van der Waals surface area contributed by atoms with Crippen molar-refractivity contribution in [1.29, 1.82) is 0 Å². The number of urea groups is 1. The van der Waals surface area contributed by atoms with Gasteiger partial charge < -0.3 is 24.8 Å². The zero-order valence-corrected chi connectivity index (χ0v) is 17.8. The van der Waals surface area contributed by atoms with E-state index in [1.807, 2.05) is 68.4 Å². The molecule has 1 heterocycles. The fraction of sp³-hybridized carbons (Fsp3) is 0.333. The Labute approximate surface area is 182 Å². The molecular formula is C24H28N2O5. The molecule has 0 radical (unpaired) electrons. The molecule has 0 bridgehead atoms. The van der Waals surface area contributed by atoms with Crippen LogP contribution in [0.2, 0.25) is 0 Å². The molecule has 1 aliphatic rings. The predicted octanol–water partition coefficient (Wildman–Crippen LogP) is 3.72. The highest BCUT2D eigenvalue weighted by atomic mass is 16.6. The summed E-state index contributed by atoms with van der Waals surface area (Å²) in [6.07, 6.45) is 0.0553. The molecule has 164 valence electrons. The van der Waals surface area contributed by atoms with E-state index in [0.717, 1.165) is 11.1 Å². The first-order valence-corrected chi connectivity index (χ1v) is 10.3. The first-order chi connectivity index (χ1) is 14.9. The van der Waals surface area contributed by atoms with Gasteiger partial charge in [-0.1, -0.05) is 49.0 Å². The Morgan fingerprint density at radius 1 is 1.06 bits per heavy atom. The third-order valence-corrected chi connectivity index (χ3v) is 4.79. The summed E-state index contributed by atoms with van der Waals surface area (Å²) in [6, 6.07) is 16.1. The molecule has 1 fully saturated rings. The number of hydrogen-bond donors (Lipinski definition) is 2. The van der Waals surface area contributed by atoms with Crippen LogP contribution < -0.4 is 15.4 Å². The van der Waals surface area contributed by atoms with Gasteiger partial charge in [-0.3, -0.25) is 4.79 Å². The SMILES string of the molecule is C=C1NC(=O)N[C@H](c2ccc(OCc3ccccc3)cc2)[C@H]1C(=O)OCCOC(C)C. The molecule has 31 heavy (non-hydrogen) atoms. The van der Waals surface area contributed by atoms with Gasteiger partial charge in [-0.2, -0.15) is 0 Å². The lowest BCUT2D eigenvalue weighted by Crippen LogP contribution is -2.51. The van der Waals surface area contributed by atoms with Crippen LogP contribution in [0.15, 0.2) is 66.9 Å². The second-order valence-electron chi connectivity index (χ2n) is 7.51. The maximum atomic E-state index is 12.7. The van der Waals surface area contributed by atoms with Gasteiger partial charge in [-0.25, -0.2) is 4.79 Å². The van der Waals surface area contributed by atoms with Gasteiger partial charge in [0.05, 0.1) is 18.8 Å². The summed E-state index contributed by atoms with van der Waals surface area (Å²) in [5, 5.41) is 5.36. The zero-order chi connectivity index (χ0) is 22.2. The number of benzene rings is 2. The van der Waals surface area contributed by atoms with Gasteiger partial charge in [-0.15, -0.1) is 0 Å². The number of ether oxygens (including phenoxy) is 3. The van der Waals surface area contributed by atoms with E-state index < -0.39 is 24.0 Å². The Balaban J connectivity index is 1.66. The van der Waals surface area contributed by atoms with Gasteiger partial charge in [0, 0.05) is 5.70 Å². The Hall–Kier alpha value is -3.32. The molecule has 2 aromatic rings. The summed E-state index contributed by atoms with van der Waals surface area (Å²) >= 11 is 0. The first-order valence-electron chi connectivity index (χ1n) is 10.3. The van der Waals surface area contributed by atoms with Crippen molar-refractivity contribution in [3.63, 3.8) is 0 Å². The van der Waals surface area contributed by atoms with Crippen molar-refractivity contribution < 1.29 is 23.8 Å². The molecule has 1 saturated heterocycles. The van der Waals surface area contributed by atoms with Gasteiger partial charge in [-0.05, 0) is 37.1 Å². The van der Waals surface area contributed by atoms with Gasteiger partial charge >= 0.3 is 12.0 Å². The normalized spacial score (nSPS) is 18.3. The minimum absolute atomic E-state index is 0.0553. The largest absolute Gasteiger partial charge is 0.489 e. The topological polar surface area (TPSA) is 85.9 Å². The second kappa shape index (κ2) is 10.6. The van der Waals surface area contributed by atoms with Crippen LogP contribution in [-0.2, 0) is 20.9 Å². The third kappa shape index (κ3) is 6.33. The predicted molar refractivity (Wildman–Crippen MR) is 116 cm³/mol. The maximum Gasteiger partial charge on any atom is 0.319 e. The van der Waals surface area contributed by atoms with Crippen molar-refractivity contribution in [2.75, 3.05) is 13.2 Å². The van der Waals surface area contributed by atoms with E-state index in [4.69, 9.17) is 14.2 Å². The monoisotopic (exact) mass is 424 g/mol. The molecule has 2 aromatic carbocycles. The molecule has 2 atom stereocenters. The summed E-state index contributed by atoms with van der Waals surface area (Å²) < 4.78 is 16.6. The van der Waals surface area contributed by atoms with E-state index >= 15 is 0 Å². The van der Waals surface area contributed by atoms with E-state index in [1.165, 1.54) is 0 Å². The van der Waals surface area contributed by atoms with E-state index in [0.29, 0.717) is 24.7 Å². The Bertz CT molecular complexity index is 896. The van der Waals surface area contributed by atoms with Gasteiger partial charge in [0.1, 0.15) is 24.9 Å². The fourth-order valence-electron chi connectivity index (χ4n) is 3.27. The lowest BCUT2D eigenvalue weighted by Gasteiger charge is -2.33. The standard InChI is InChI=1S/C24H28N2O5/c1-16(2)29-13-14-30-23(27)21-17(3)25-24(28)26-22(21)19-9-11-20(12-10-19)31-15-18-7-5-4-6-8-18/h4-12,16,21-22H,3,13-15H2,1-2H3,(H2,25,26,28)/t21-,22+/m0/s1. The summed E-state index contributed by atoms with van der Waals surface area (Å²) in [6.45, 7) is 8.56. The molecule has 7 heteroatoms. The molecule has 1 aliphatic heterocycles. The van der Waals surface area contributed by atoms with Crippen molar-refractivity contribution in [1.82, 2.24) is 10.6 Å². The fourth-order valence-corrected chi connectivity index (χ4v) is 3.27. The highest BCUT2D eigenvalue weighted by molar-refractivity contribution is 5.85. The lowest BCUT2D eigenvalue weighted by molar-refractivity contribution is -0.150. The van der Waals surface area contributed by atoms with Gasteiger partial charge in [0.2, 0.25) is 0 Å². The van der Waals surface area contributed by atoms with Crippen molar-refractivity contribution in [2.24, 2.45) is 5.92 Å². The van der Waals surface area contributed by atoms with Crippen molar-refractivity contribution in [2.45, 2.75) is 32.6 Å². The highest BCUT2D eigenvalue weighted by Gasteiger charge is 2.38. The van der Waals surface area contributed by atoms with Gasteiger partial charge in [0.25, 0.3) is 0 Å². The molecule has 2 N–H and O–H groups in total. The van der Waals surface area contributed by atoms with Crippen molar-refractivity contribution in [3.05, 3.63) is 78.0 Å². The molecule has 0 unspecified atom stereocenters. The molecule has 0 saturated carbocycles. The summed E-state index contributed by atoms with van der Waals surface area (Å²) in [7, 11) is 0. The molecule has 7 nitrogen and oxygen atoms in total. The van der Waals surface area contributed by atoms with Crippen LogP contribution in [-0.4, -0.2) is 31.3 Å². The molecule has 2 amide bonds. The number of esters is 1. The highest BCUT2D eigenvalue weighted by Crippen LogP contribution is 2.31. The molecule has 0 spiro atoms. The van der Waals surface area contributed by atoms with Crippen LogP contribution in [0.1, 0.15) is 31.0 Å². The average molecular weight is 424 g/mol. The lowest BCUT2D eigenvalue weighted by atomic mass is 9.89. The van der Waals surface area contributed by atoms with Crippen molar-refractivity contribution >= 4 is 12.0 Å². The minimum atomic E-state index is -0.757. The number of amides is 2. The van der Waals surface area contributed by atoms with Crippen molar-refractivity contribution in [3.8, 4) is 5.75 Å². The zero-order valence-electron chi connectivity index (χ0n) is 17.8. The van der Waals surface area contributed by atoms with Crippen LogP contribution in [0.3, 0.4) is 0 Å². The molecule has 0 aliphatic carbocycles. The number of carbonyl (C=O) groups is 2. The van der Waals surface area contributed by atoms with E-state index in [9.17, 15) is 9.59 Å². The van der Waals surface area contributed by atoms with Crippen LogP contribution in [0, 0.1) is 5.92 Å². The maximum absolute atomic E-state index is 12.7. The average Bonchev–Trinajstić information content (AvgIpc) is 2.75. The Morgan fingerprint density at radius 2 is 1.77 bits per heavy atom. The van der Waals surface area contributed by atoms with E-state index in [2.05, 4.69) is 17.2 Å². The van der Waals surface area contributed by atoms with Crippen LogP contribution in [0.5, 0.6) is 5.75 Å². The number of carbonyl (C=O) groups excluding carboxylic acids is 2. The third-order valence-electron chi connectivity index (χ3n) is 4.79. The van der Waals surface area contributed by atoms with Crippen LogP contribution >= 0.6 is 0 Å². The van der Waals surface area contributed by atoms with Crippen LogP contribution in [0.25, 0.3) is 0 Å². The van der Waals surface area contributed by atoms with E-state index in [-0.39, 0.29) is 12.7 Å². The Morgan fingerprint density at radius 3 is 2.45 bits per heavy atom. The smallest absolute Gasteiger partial charge is 0.319 e. The number of nitrogens with one attached hydrogen (secondary N) is 2. The Kier molecular flexibility index (Phi) is 7.67. The molecular weight excluding hydrogens is 396 g/mol. The second-order valence-corrected chi connectivity index (χ2v) is 7.51. The first kappa shape index (κ1) is 22.4. The summed E-state index contributed by atoms with van der Waals surface area (Å²) in [5.74, 6) is -0.538. The molecule has 3 rings (SSSR count). The minimum Gasteiger partial charge on any atom is -0.489 e. The summed E-state index contributed by atoms with van der Waals surface area (Å²) in [4.78, 5) is 24.7.